The lowest BCUT2D eigenvalue weighted by atomic mass is 9.87. The minimum absolute atomic E-state index is 0.0580. The lowest BCUT2D eigenvalue weighted by Crippen LogP contribution is -2.53. The molecule has 1 aromatic rings. The molecule has 0 aliphatic carbocycles. The molecule has 2 aliphatic heterocycles. The Labute approximate surface area is 148 Å². The number of ether oxygens (including phenoxy) is 2. The molecule has 2 atom stereocenters. The molecule has 2 saturated heterocycles. The predicted octanol–water partition coefficient (Wildman–Crippen LogP) is 2.45. The summed E-state index contributed by atoms with van der Waals surface area (Å²) in [6.07, 6.45) is -0.636. The number of amides is 2. The van der Waals surface area contributed by atoms with Crippen LogP contribution in [0, 0.1) is 5.41 Å². The summed E-state index contributed by atoms with van der Waals surface area (Å²) in [4.78, 5) is 27.7. The van der Waals surface area contributed by atoms with Crippen molar-refractivity contribution in [2.45, 2.75) is 33.0 Å². The summed E-state index contributed by atoms with van der Waals surface area (Å²) < 4.78 is 11.2. The van der Waals surface area contributed by atoms with Crippen molar-refractivity contribution in [2.24, 2.45) is 5.41 Å². The van der Waals surface area contributed by atoms with Crippen molar-refractivity contribution in [1.82, 2.24) is 9.80 Å². The zero-order valence-corrected chi connectivity index (χ0v) is 15.1. The average Bonchev–Trinajstić information content (AvgIpc) is 2.99. The minimum Gasteiger partial charge on any atom is -0.448 e. The van der Waals surface area contributed by atoms with E-state index < -0.39 is 6.09 Å². The van der Waals surface area contributed by atoms with E-state index in [1.807, 2.05) is 35.2 Å². The van der Waals surface area contributed by atoms with Crippen LogP contribution < -0.4 is 0 Å². The highest BCUT2D eigenvalue weighted by Gasteiger charge is 2.38. The number of benzene rings is 1. The molecular weight excluding hydrogens is 320 g/mol. The molecule has 0 saturated carbocycles. The second-order valence-corrected chi connectivity index (χ2v) is 7.72. The number of rotatable bonds is 3. The normalized spacial score (nSPS) is 24.4. The highest BCUT2D eigenvalue weighted by molar-refractivity contribution is 5.83. The Hall–Kier alpha value is -2.08. The fourth-order valence-corrected chi connectivity index (χ4v) is 3.13. The van der Waals surface area contributed by atoms with Gasteiger partial charge in [0.1, 0.15) is 19.3 Å². The van der Waals surface area contributed by atoms with Crippen molar-refractivity contribution < 1.29 is 19.1 Å². The smallest absolute Gasteiger partial charge is 0.410 e. The second-order valence-electron chi connectivity index (χ2n) is 7.72. The van der Waals surface area contributed by atoms with E-state index in [4.69, 9.17) is 9.47 Å². The lowest BCUT2D eigenvalue weighted by Gasteiger charge is -2.43. The summed E-state index contributed by atoms with van der Waals surface area (Å²) in [5.41, 5.74) is 0.980. The third kappa shape index (κ3) is 4.12. The first-order chi connectivity index (χ1) is 11.8. The van der Waals surface area contributed by atoms with E-state index in [0.29, 0.717) is 26.2 Å². The fraction of sp³-hybridized carbons (Fsp3) is 0.579. The van der Waals surface area contributed by atoms with Crippen LogP contribution in [0.4, 0.5) is 4.79 Å². The van der Waals surface area contributed by atoms with Gasteiger partial charge in [0.2, 0.25) is 5.91 Å². The predicted molar refractivity (Wildman–Crippen MR) is 93.0 cm³/mol. The number of cyclic esters (lactones) is 1. The Kier molecular flexibility index (Phi) is 4.99. The number of carbonyl (C=O) groups excluding carboxylic acids is 2. The number of morpholine rings is 1. The molecule has 6 nitrogen and oxygen atoms in total. The SMILES string of the molecule is CC(C)(C)[C@H]1CN(C(=O)CN2CCOC2=O)C[C@@H](c2ccccc2)O1. The van der Waals surface area contributed by atoms with Crippen molar-refractivity contribution in [3.8, 4) is 0 Å². The van der Waals surface area contributed by atoms with Gasteiger partial charge in [0.15, 0.2) is 0 Å². The summed E-state index contributed by atoms with van der Waals surface area (Å²) >= 11 is 0. The molecule has 0 bridgehead atoms. The first-order valence-corrected chi connectivity index (χ1v) is 8.74. The molecule has 0 N–H and O–H groups in total. The van der Waals surface area contributed by atoms with E-state index in [-0.39, 0.29) is 30.1 Å². The van der Waals surface area contributed by atoms with E-state index in [9.17, 15) is 9.59 Å². The highest BCUT2D eigenvalue weighted by atomic mass is 16.6. The topological polar surface area (TPSA) is 59.1 Å². The van der Waals surface area contributed by atoms with Crippen LogP contribution in [0.5, 0.6) is 0 Å². The molecule has 2 fully saturated rings. The van der Waals surface area contributed by atoms with Crippen molar-refractivity contribution in [3.63, 3.8) is 0 Å². The molecule has 3 rings (SSSR count). The Balaban J connectivity index is 1.75. The molecule has 136 valence electrons. The number of hydrogen-bond acceptors (Lipinski definition) is 4. The minimum atomic E-state index is -0.409. The monoisotopic (exact) mass is 346 g/mol. The van der Waals surface area contributed by atoms with Crippen LogP contribution in [0.1, 0.15) is 32.4 Å². The maximum Gasteiger partial charge on any atom is 0.410 e. The Morgan fingerprint density at radius 2 is 1.92 bits per heavy atom. The van der Waals surface area contributed by atoms with Crippen LogP contribution >= 0.6 is 0 Å². The van der Waals surface area contributed by atoms with Crippen LogP contribution in [0.15, 0.2) is 30.3 Å². The van der Waals surface area contributed by atoms with Gasteiger partial charge in [-0.05, 0) is 11.0 Å². The summed E-state index contributed by atoms with van der Waals surface area (Å²) in [6, 6.07) is 9.97. The molecule has 2 amide bonds. The zero-order valence-electron chi connectivity index (χ0n) is 15.1. The fourth-order valence-electron chi connectivity index (χ4n) is 3.13. The van der Waals surface area contributed by atoms with Gasteiger partial charge in [-0.1, -0.05) is 51.1 Å². The molecule has 6 heteroatoms. The molecule has 1 aromatic carbocycles. The van der Waals surface area contributed by atoms with Gasteiger partial charge in [-0.25, -0.2) is 4.79 Å². The van der Waals surface area contributed by atoms with Gasteiger partial charge in [-0.3, -0.25) is 9.69 Å². The Morgan fingerprint density at radius 1 is 1.20 bits per heavy atom. The van der Waals surface area contributed by atoms with E-state index >= 15 is 0 Å². The molecule has 2 aliphatic rings. The average molecular weight is 346 g/mol. The van der Waals surface area contributed by atoms with Gasteiger partial charge in [0.25, 0.3) is 0 Å². The van der Waals surface area contributed by atoms with Gasteiger partial charge in [-0.2, -0.15) is 0 Å². The first-order valence-electron chi connectivity index (χ1n) is 8.74. The largest absolute Gasteiger partial charge is 0.448 e. The second kappa shape index (κ2) is 7.04. The lowest BCUT2D eigenvalue weighted by molar-refractivity contribution is -0.157. The molecule has 0 aromatic heterocycles. The van der Waals surface area contributed by atoms with Crippen LogP contribution in [0.25, 0.3) is 0 Å². The molecule has 0 spiro atoms. The van der Waals surface area contributed by atoms with Crippen molar-refractivity contribution in [1.29, 1.82) is 0 Å². The zero-order chi connectivity index (χ0) is 18.0. The van der Waals surface area contributed by atoms with E-state index in [2.05, 4.69) is 20.8 Å². The van der Waals surface area contributed by atoms with Crippen molar-refractivity contribution in [2.75, 3.05) is 32.8 Å². The Morgan fingerprint density at radius 3 is 2.52 bits per heavy atom. The molecule has 25 heavy (non-hydrogen) atoms. The molecule has 0 unspecified atom stereocenters. The third-order valence-electron chi connectivity index (χ3n) is 4.76. The molecular formula is C19H26N2O4. The third-order valence-corrected chi connectivity index (χ3v) is 4.76. The Bertz CT molecular complexity index is 626. The summed E-state index contributed by atoms with van der Waals surface area (Å²) in [5, 5.41) is 0. The van der Waals surface area contributed by atoms with E-state index in [0.717, 1.165) is 5.56 Å². The standard InChI is InChI=1S/C19H26N2O4/c1-19(2,3)16-12-21(17(22)13-20-9-10-24-18(20)23)11-15(25-16)14-7-5-4-6-8-14/h4-8,15-16H,9-13H2,1-3H3/t15-,16+/m0/s1. The van der Waals surface area contributed by atoms with Crippen LogP contribution in [0.3, 0.4) is 0 Å². The van der Waals surface area contributed by atoms with Crippen molar-refractivity contribution >= 4 is 12.0 Å². The number of nitrogens with zero attached hydrogens (tertiary/aromatic N) is 2. The number of hydrogen-bond donors (Lipinski definition) is 0. The summed E-state index contributed by atoms with van der Waals surface area (Å²) in [6.45, 7) is 8.28. The highest BCUT2D eigenvalue weighted by Crippen LogP contribution is 2.33. The van der Waals surface area contributed by atoms with Gasteiger partial charge < -0.3 is 14.4 Å². The maximum absolute atomic E-state index is 12.8. The summed E-state index contributed by atoms with van der Waals surface area (Å²) in [5.74, 6) is -0.0580. The summed E-state index contributed by atoms with van der Waals surface area (Å²) in [7, 11) is 0. The van der Waals surface area contributed by atoms with Crippen molar-refractivity contribution in [3.05, 3.63) is 35.9 Å². The van der Waals surface area contributed by atoms with E-state index in [1.165, 1.54) is 4.90 Å². The quantitative estimate of drug-likeness (QED) is 0.843. The van der Waals surface area contributed by atoms with E-state index in [1.54, 1.807) is 0 Å². The van der Waals surface area contributed by atoms with Gasteiger partial charge in [0.05, 0.1) is 19.2 Å². The van der Waals surface area contributed by atoms with Gasteiger partial charge in [-0.15, -0.1) is 0 Å². The van der Waals surface area contributed by atoms with Crippen LogP contribution in [-0.2, 0) is 14.3 Å². The first kappa shape index (κ1) is 17.7. The molecule has 0 radical (unpaired) electrons. The van der Waals surface area contributed by atoms with Gasteiger partial charge in [0, 0.05) is 6.54 Å². The maximum atomic E-state index is 12.8. The number of carbonyl (C=O) groups is 2. The molecule has 2 heterocycles. The van der Waals surface area contributed by atoms with Crippen LogP contribution in [-0.4, -0.2) is 60.7 Å². The van der Waals surface area contributed by atoms with Gasteiger partial charge >= 0.3 is 6.09 Å². The van der Waals surface area contributed by atoms with Crippen LogP contribution in [0.2, 0.25) is 0 Å².